The highest BCUT2D eigenvalue weighted by Crippen LogP contribution is 2.37. The summed E-state index contributed by atoms with van der Waals surface area (Å²) in [7, 11) is 1.61. The van der Waals surface area contributed by atoms with Crippen LogP contribution in [0.2, 0.25) is 0 Å². The van der Waals surface area contributed by atoms with E-state index in [4.69, 9.17) is 49.1 Å². The topological polar surface area (TPSA) is 217 Å². The van der Waals surface area contributed by atoms with Crippen molar-refractivity contribution in [2.75, 3.05) is 38.7 Å². The van der Waals surface area contributed by atoms with Gasteiger partial charge >= 0.3 is 29.8 Å². The summed E-state index contributed by atoms with van der Waals surface area (Å²) in [6.45, 7) is 6.49. The van der Waals surface area contributed by atoms with Crippen molar-refractivity contribution in [1.82, 2.24) is 4.90 Å². The van der Waals surface area contributed by atoms with Gasteiger partial charge in [0.1, 0.15) is 16.3 Å². The summed E-state index contributed by atoms with van der Waals surface area (Å²) in [5.74, 6) is -6.37. The van der Waals surface area contributed by atoms with E-state index in [0.717, 1.165) is 42.8 Å². The zero-order valence-corrected chi connectivity index (χ0v) is 23.4. The summed E-state index contributed by atoms with van der Waals surface area (Å²) in [5, 5.41) is 34.9. The molecule has 0 spiro atoms. The second-order valence-corrected chi connectivity index (χ2v) is 9.41. The third-order valence-corrected chi connectivity index (χ3v) is 6.43. The van der Waals surface area contributed by atoms with Crippen LogP contribution in [-0.2, 0) is 28.7 Å². The maximum Gasteiger partial charge on any atom is 0.414 e. The molecule has 14 nitrogen and oxygen atoms in total. The Balaban J connectivity index is 0.000000588. The van der Waals surface area contributed by atoms with Gasteiger partial charge in [-0.05, 0) is 56.5 Å². The molecule has 0 aliphatic carbocycles. The number of nitrogens with zero attached hydrogens (tertiary/aromatic N) is 1. The standard InChI is InChI=1S/C22H28N2O4S.2C2H2O4/c1-4-28-22(26)20-18(16-5-7-17(27-3)8-6-16)14-29-21(20)23-19(25)13-24-11-9-15(2)10-12-24;2*3-1(4)2(5)6/h5-8,14-15H,4,9-13H2,1-3H3,(H,23,25);2*(H,3,4)(H,5,6). The fourth-order valence-electron chi connectivity index (χ4n) is 3.43. The number of piperidine rings is 1. The zero-order valence-electron chi connectivity index (χ0n) is 22.6. The Morgan fingerprint density at radius 3 is 1.88 bits per heavy atom. The van der Waals surface area contributed by atoms with Crippen molar-refractivity contribution < 1.29 is 58.7 Å². The van der Waals surface area contributed by atoms with Crippen molar-refractivity contribution in [2.24, 2.45) is 5.92 Å². The number of ether oxygens (including phenoxy) is 2. The van der Waals surface area contributed by atoms with Gasteiger partial charge in [-0.2, -0.15) is 0 Å². The number of carbonyl (C=O) groups is 6. The molecule has 2 heterocycles. The number of rotatable bonds is 7. The number of anilines is 1. The average Bonchev–Trinajstić information content (AvgIpc) is 3.34. The van der Waals surface area contributed by atoms with Crippen LogP contribution in [-0.4, -0.2) is 94.4 Å². The van der Waals surface area contributed by atoms with E-state index in [1.807, 2.05) is 29.6 Å². The number of nitrogens with one attached hydrogen (secondary N) is 1. The summed E-state index contributed by atoms with van der Waals surface area (Å²) < 4.78 is 10.5. The molecular formula is C26H32N2O12S. The Hall–Kier alpha value is -4.50. The fraction of sp³-hybridized carbons (Fsp3) is 0.385. The highest BCUT2D eigenvalue weighted by molar-refractivity contribution is 7.15. The number of likely N-dealkylation sites (tertiary alicyclic amines) is 1. The second-order valence-electron chi connectivity index (χ2n) is 8.53. The van der Waals surface area contributed by atoms with Crippen LogP contribution in [0.5, 0.6) is 5.75 Å². The van der Waals surface area contributed by atoms with Gasteiger partial charge in [0.25, 0.3) is 0 Å². The summed E-state index contributed by atoms with van der Waals surface area (Å²) in [6.07, 6.45) is 2.23. The molecule has 1 aromatic carbocycles. The van der Waals surface area contributed by atoms with Crippen LogP contribution < -0.4 is 10.1 Å². The molecule has 1 fully saturated rings. The van der Waals surface area contributed by atoms with Gasteiger partial charge in [-0.1, -0.05) is 19.1 Å². The molecule has 15 heteroatoms. The number of benzene rings is 1. The van der Waals surface area contributed by atoms with Crippen molar-refractivity contribution >= 4 is 52.1 Å². The Bertz CT molecular complexity index is 1170. The first-order valence-electron chi connectivity index (χ1n) is 12.2. The van der Waals surface area contributed by atoms with Crippen molar-refractivity contribution in [1.29, 1.82) is 0 Å². The third kappa shape index (κ3) is 12.0. The van der Waals surface area contributed by atoms with Crippen LogP contribution in [0.3, 0.4) is 0 Å². The minimum atomic E-state index is -1.82. The van der Waals surface area contributed by atoms with Gasteiger partial charge in [-0.25, -0.2) is 24.0 Å². The molecule has 1 saturated heterocycles. The van der Waals surface area contributed by atoms with Gasteiger partial charge in [-0.3, -0.25) is 9.69 Å². The predicted molar refractivity (Wildman–Crippen MR) is 146 cm³/mol. The van der Waals surface area contributed by atoms with Gasteiger partial charge in [0.15, 0.2) is 0 Å². The number of hydrogen-bond donors (Lipinski definition) is 5. The molecule has 41 heavy (non-hydrogen) atoms. The van der Waals surface area contributed by atoms with E-state index in [2.05, 4.69) is 17.1 Å². The zero-order chi connectivity index (χ0) is 31.1. The van der Waals surface area contributed by atoms with Gasteiger partial charge in [-0.15, -0.1) is 11.3 Å². The number of esters is 1. The molecule has 1 amide bonds. The fourth-order valence-corrected chi connectivity index (χ4v) is 4.40. The second kappa shape index (κ2) is 17.2. The molecule has 0 atom stereocenters. The molecule has 1 aliphatic rings. The summed E-state index contributed by atoms with van der Waals surface area (Å²) in [4.78, 5) is 63.8. The quantitative estimate of drug-likeness (QED) is 0.230. The smallest absolute Gasteiger partial charge is 0.414 e. The minimum absolute atomic E-state index is 0.103. The van der Waals surface area contributed by atoms with E-state index >= 15 is 0 Å². The Morgan fingerprint density at radius 1 is 0.927 bits per heavy atom. The maximum absolute atomic E-state index is 12.6. The number of hydrogen-bond acceptors (Lipinski definition) is 10. The number of carboxylic acids is 4. The lowest BCUT2D eigenvalue weighted by atomic mass is 9.99. The highest BCUT2D eigenvalue weighted by Gasteiger charge is 2.24. The summed E-state index contributed by atoms with van der Waals surface area (Å²) in [6, 6.07) is 7.48. The first-order chi connectivity index (χ1) is 19.3. The lowest BCUT2D eigenvalue weighted by molar-refractivity contribution is -0.159. The number of methoxy groups -OCH3 is 1. The van der Waals surface area contributed by atoms with E-state index in [1.165, 1.54) is 11.3 Å². The van der Waals surface area contributed by atoms with Gasteiger partial charge < -0.3 is 35.2 Å². The molecule has 224 valence electrons. The van der Waals surface area contributed by atoms with Crippen molar-refractivity contribution in [2.45, 2.75) is 26.7 Å². The minimum Gasteiger partial charge on any atom is -0.497 e. The van der Waals surface area contributed by atoms with Gasteiger partial charge in [0.2, 0.25) is 5.91 Å². The molecule has 2 aromatic rings. The van der Waals surface area contributed by atoms with Crippen LogP contribution in [0, 0.1) is 5.92 Å². The summed E-state index contributed by atoms with van der Waals surface area (Å²) in [5.41, 5.74) is 2.02. The number of carbonyl (C=O) groups excluding carboxylic acids is 2. The molecule has 0 bridgehead atoms. The first kappa shape index (κ1) is 34.5. The average molecular weight is 597 g/mol. The molecular weight excluding hydrogens is 564 g/mol. The third-order valence-electron chi connectivity index (χ3n) is 5.53. The van der Waals surface area contributed by atoms with E-state index in [-0.39, 0.29) is 12.5 Å². The Morgan fingerprint density at radius 2 is 1.44 bits per heavy atom. The van der Waals surface area contributed by atoms with Gasteiger partial charge in [0, 0.05) is 10.9 Å². The number of thiophene rings is 1. The maximum atomic E-state index is 12.6. The van der Waals surface area contributed by atoms with Crippen molar-refractivity contribution in [3.63, 3.8) is 0 Å². The van der Waals surface area contributed by atoms with Crippen LogP contribution in [0.4, 0.5) is 5.00 Å². The van der Waals surface area contributed by atoms with E-state index < -0.39 is 29.8 Å². The van der Waals surface area contributed by atoms with Crippen molar-refractivity contribution in [3.05, 3.63) is 35.2 Å². The lowest BCUT2D eigenvalue weighted by Gasteiger charge is -2.29. The molecule has 1 aliphatic heterocycles. The Labute approximate surface area is 239 Å². The van der Waals surface area contributed by atoms with Crippen LogP contribution in [0.1, 0.15) is 37.0 Å². The van der Waals surface area contributed by atoms with Crippen LogP contribution in [0.15, 0.2) is 29.6 Å². The van der Waals surface area contributed by atoms with Crippen molar-refractivity contribution in [3.8, 4) is 16.9 Å². The predicted octanol–water partition coefficient (Wildman–Crippen LogP) is 2.58. The largest absolute Gasteiger partial charge is 0.497 e. The molecule has 0 saturated carbocycles. The highest BCUT2D eigenvalue weighted by atomic mass is 32.1. The van der Waals surface area contributed by atoms with E-state index in [9.17, 15) is 9.59 Å². The number of aliphatic carboxylic acids is 4. The van der Waals surface area contributed by atoms with E-state index in [1.54, 1.807) is 14.0 Å². The van der Waals surface area contributed by atoms with Crippen LogP contribution in [0.25, 0.3) is 11.1 Å². The molecule has 0 unspecified atom stereocenters. The SMILES string of the molecule is CCOC(=O)c1c(-c2ccc(OC)cc2)csc1NC(=O)CN1CCC(C)CC1.O=C(O)C(=O)O.O=C(O)C(=O)O. The lowest BCUT2D eigenvalue weighted by Crippen LogP contribution is -2.38. The molecule has 5 N–H and O–H groups in total. The monoisotopic (exact) mass is 596 g/mol. The number of carboxylic acid groups (broad SMARTS) is 4. The van der Waals surface area contributed by atoms with Crippen LogP contribution >= 0.6 is 11.3 Å². The first-order valence-corrected chi connectivity index (χ1v) is 13.1. The molecule has 0 radical (unpaired) electrons. The normalized spacial score (nSPS) is 12.9. The van der Waals surface area contributed by atoms with Gasteiger partial charge in [0.05, 0.1) is 20.3 Å². The number of amides is 1. The Kier molecular flexibility index (Phi) is 14.5. The summed E-state index contributed by atoms with van der Waals surface area (Å²) >= 11 is 1.34. The molecule has 3 rings (SSSR count). The molecule has 1 aromatic heterocycles. The van der Waals surface area contributed by atoms with E-state index in [0.29, 0.717) is 23.0 Å².